The van der Waals surface area contributed by atoms with Gasteiger partial charge in [0.1, 0.15) is 9.04 Å². The summed E-state index contributed by atoms with van der Waals surface area (Å²) in [6, 6.07) is 24.5. The van der Waals surface area contributed by atoms with Crippen LogP contribution in [-0.4, -0.2) is 9.19 Å². The zero-order chi connectivity index (χ0) is 21.4. The molecule has 0 spiro atoms. The molecule has 0 bridgehead atoms. The van der Waals surface area contributed by atoms with Gasteiger partial charge in [-0.2, -0.15) is 0 Å². The maximum Gasteiger partial charge on any atom is 0.127 e. The van der Waals surface area contributed by atoms with Crippen LogP contribution in [-0.2, 0) is 16.6 Å². The van der Waals surface area contributed by atoms with Gasteiger partial charge in [0.05, 0.1) is 32.8 Å². The maximum atomic E-state index is 13.3. The molecule has 0 fully saturated rings. The van der Waals surface area contributed by atoms with E-state index in [9.17, 15) is 4.21 Å². The van der Waals surface area contributed by atoms with Crippen LogP contribution in [0.2, 0.25) is 0 Å². The third-order valence-electron chi connectivity index (χ3n) is 5.15. The predicted octanol–water partition coefficient (Wildman–Crippen LogP) is 6.89. The molecule has 0 aliphatic carbocycles. The number of hydrogen-bond acceptors (Lipinski definition) is 5. The molecule has 0 radical (unpaired) electrons. The Bertz CT molecular complexity index is 1370. The van der Waals surface area contributed by atoms with Crippen molar-refractivity contribution in [3.05, 3.63) is 89.3 Å². The van der Waals surface area contributed by atoms with Crippen LogP contribution in [0.15, 0.2) is 82.4 Å². The summed E-state index contributed by atoms with van der Waals surface area (Å²) in [5.74, 6) is 0.440. The van der Waals surface area contributed by atoms with E-state index in [0.29, 0.717) is 15.6 Å². The van der Waals surface area contributed by atoms with E-state index in [-0.39, 0.29) is 0 Å². The van der Waals surface area contributed by atoms with Crippen LogP contribution >= 0.6 is 22.7 Å². The number of thiophene rings is 2. The van der Waals surface area contributed by atoms with Crippen LogP contribution in [0, 0.1) is 6.92 Å². The molecule has 6 heteroatoms. The van der Waals surface area contributed by atoms with Gasteiger partial charge in [-0.1, -0.05) is 66.2 Å². The van der Waals surface area contributed by atoms with Gasteiger partial charge in [-0.05, 0) is 41.1 Å². The summed E-state index contributed by atoms with van der Waals surface area (Å²) in [7, 11) is -1.24. The quantitative estimate of drug-likeness (QED) is 0.311. The van der Waals surface area contributed by atoms with Crippen molar-refractivity contribution in [3.8, 4) is 21.7 Å². The van der Waals surface area contributed by atoms with Crippen molar-refractivity contribution in [1.29, 1.82) is 0 Å². The summed E-state index contributed by atoms with van der Waals surface area (Å²) in [6.45, 7) is 2.05. The molecule has 3 aromatic heterocycles. The van der Waals surface area contributed by atoms with E-state index in [4.69, 9.17) is 10.7 Å². The highest BCUT2D eigenvalue weighted by atomic mass is 32.2. The number of nitrogens with zero attached hydrogens (tertiary/aromatic N) is 1. The molecule has 0 amide bonds. The summed E-state index contributed by atoms with van der Waals surface area (Å²) in [5.41, 5.74) is 12.4. The van der Waals surface area contributed by atoms with Gasteiger partial charge in [0.2, 0.25) is 0 Å². The molecule has 0 aliphatic rings. The van der Waals surface area contributed by atoms with E-state index in [2.05, 4.69) is 24.3 Å². The first-order valence-electron chi connectivity index (χ1n) is 9.86. The standard InChI is InChI=1S/C25H20N2OS3/c1-16-9-11-17(12-10-16)15-31(28)25-23(26)22-19(18-6-3-2-4-7-18)14-20(27-24(22)30-25)21-8-5-13-29-21/h2-14H,15,26H2,1H3. The Morgan fingerprint density at radius 1 is 1.00 bits per heavy atom. The second-order valence-electron chi connectivity index (χ2n) is 7.36. The van der Waals surface area contributed by atoms with Gasteiger partial charge >= 0.3 is 0 Å². The molecular formula is C25H20N2OS3. The zero-order valence-electron chi connectivity index (χ0n) is 16.9. The Labute approximate surface area is 191 Å². The third-order valence-corrected chi connectivity index (χ3v) is 8.97. The van der Waals surface area contributed by atoms with E-state index in [1.807, 2.05) is 60.8 Å². The van der Waals surface area contributed by atoms with E-state index >= 15 is 0 Å². The highest BCUT2D eigenvalue weighted by molar-refractivity contribution is 7.87. The lowest BCUT2D eigenvalue weighted by Crippen LogP contribution is -1.98. The first-order valence-corrected chi connectivity index (χ1v) is 12.9. The van der Waals surface area contributed by atoms with Gasteiger partial charge in [0, 0.05) is 5.39 Å². The number of nitrogens with two attached hydrogens (primary N) is 1. The van der Waals surface area contributed by atoms with Crippen LogP contribution in [0.25, 0.3) is 31.9 Å². The minimum Gasteiger partial charge on any atom is -0.396 e. The van der Waals surface area contributed by atoms with Crippen LogP contribution in [0.5, 0.6) is 0 Å². The monoisotopic (exact) mass is 460 g/mol. The zero-order valence-corrected chi connectivity index (χ0v) is 19.3. The van der Waals surface area contributed by atoms with Crippen molar-refractivity contribution in [2.45, 2.75) is 16.9 Å². The van der Waals surface area contributed by atoms with Gasteiger partial charge < -0.3 is 5.73 Å². The summed E-state index contributed by atoms with van der Waals surface area (Å²) < 4.78 is 14.0. The molecule has 3 heterocycles. The highest BCUT2D eigenvalue weighted by Gasteiger charge is 2.21. The average molecular weight is 461 g/mol. The molecule has 5 rings (SSSR count). The molecule has 0 saturated heterocycles. The Kier molecular flexibility index (Phi) is 5.44. The highest BCUT2D eigenvalue weighted by Crippen LogP contribution is 2.43. The lowest BCUT2D eigenvalue weighted by atomic mass is 10.0. The first kappa shape index (κ1) is 20.1. The van der Waals surface area contributed by atoms with Crippen LogP contribution in [0.3, 0.4) is 0 Å². The fraction of sp³-hybridized carbons (Fsp3) is 0.0800. The number of rotatable bonds is 5. The van der Waals surface area contributed by atoms with Crippen molar-refractivity contribution in [1.82, 2.24) is 4.98 Å². The molecule has 1 unspecified atom stereocenters. The molecule has 0 aliphatic heterocycles. The van der Waals surface area contributed by atoms with Crippen molar-refractivity contribution in [2.24, 2.45) is 0 Å². The molecular weight excluding hydrogens is 440 g/mol. The fourth-order valence-electron chi connectivity index (χ4n) is 3.57. The minimum absolute atomic E-state index is 0.440. The number of anilines is 1. The molecule has 2 N–H and O–H groups in total. The second kappa shape index (κ2) is 8.38. The van der Waals surface area contributed by atoms with Crippen molar-refractivity contribution in [2.75, 3.05) is 5.73 Å². The third kappa shape index (κ3) is 3.94. The Balaban J connectivity index is 1.65. The summed E-state index contributed by atoms with van der Waals surface area (Å²) in [5, 5.41) is 2.94. The number of aryl methyl sites for hydroxylation is 1. The van der Waals surface area contributed by atoms with Crippen molar-refractivity contribution >= 4 is 49.4 Å². The topological polar surface area (TPSA) is 56.0 Å². The van der Waals surface area contributed by atoms with Crippen molar-refractivity contribution in [3.63, 3.8) is 0 Å². The van der Waals surface area contributed by atoms with E-state index in [1.165, 1.54) is 16.9 Å². The van der Waals surface area contributed by atoms with E-state index in [0.717, 1.165) is 37.5 Å². The van der Waals surface area contributed by atoms with Crippen LogP contribution in [0.4, 0.5) is 5.69 Å². The van der Waals surface area contributed by atoms with Gasteiger partial charge in [-0.25, -0.2) is 4.98 Å². The van der Waals surface area contributed by atoms with Crippen molar-refractivity contribution < 1.29 is 4.21 Å². The maximum absolute atomic E-state index is 13.3. The van der Waals surface area contributed by atoms with Crippen LogP contribution < -0.4 is 5.73 Å². The SMILES string of the molecule is Cc1ccc(CS(=O)c2sc3nc(-c4cccs4)cc(-c4ccccc4)c3c2N)cc1. The molecule has 31 heavy (non-hydrogen) atoms. The largest absolute Gasteiger partial charge is 0.396 e. The van der Waals surface area contributed by atoms with Crippen LogP contribution in [0.1, 0.15) is 11.1 Å². The number of hydrogen-bond donors (Lipinski definition) is 1. The predicted molar refractivity (Wildman–Crippen MR) is 134 cm³/mol. The molecule has 154 valence electrons. The van der Waals surface area contributed by atoms with Gasteiger partial charge in [-0.15, -0.1) is 22.7 Å². The lowest BCUT2D eigenvalue weighted by molar-refractivity contribution is 0.684. The summed E-state index contributed by atoms with van der Waals surface area (Å²) in [6.07, 6.45) is 0. The fourth-order valence-corrected chi connectivity index (χ4v) is 6.87. The Morgan fingerprint density at radius 3 is 2.48 bits per heavy atom. The number of aromatic nitrogens is 1. The normalized spacial score (nSPS) is 12.3. The number of pyridine rings is 1. The smallest absolute Gasteiger partial charge is 0.127 e. The number of benzene rings is 2. The number of nitrogen functional groups attached to an aromatic ring is 1. The van der Waals surface area contributed by atoms with Gasteiger partial charge in [0.15, 0.2) is 0 Å². The molecule has 2 aromatic carbocycles. The second-order valence-corrected chi connectivity index (χ2v) is 11.0. The van der Waals surface area contributed by atoms with Gasteiger partial charge in [-0.3, -0.25) is 4.21 Å². The molecule has 0 saturated carbocycles. The molecule has 3 nitrogen and oxygen atoms in total. The summed E-state index contributed by atoms with van der Waals surface area (Å²) >= 11 is 3.10. The first-order chi connectivity index (χ1) is 15.1. The van der Waals surface area contributed by atoms with Gasteiger partial charge in [0.25, 0.3) is 0 Å². The number of fused-ring (bicyclic) bond motifs is 1. The minimum atomic E-state index is -1.24. The lowest BCUT2D eigenvalue weighted by Gasteiger charge is -2.08. The average Bonchev–Trinajstić information content (AvgIpc) is 3.44. The Morgan fingerprint density at radius 2 is 1.77 bits per heavy atom. The molecule has 1 atom stereocenters. The van der Waals surface area contributed by atoms with E-state index < -0.39 is 10.8 Å². The molecule has 5 aromatic rings. The summed E-state index contributed by atoms with van der Waals surface area (Å²) in [4.78, 5) is 6.83. The Hall–Kier alpha value is -2.80. The van der Waals surface area contributed by atoms with E-state index in [1.54, 1.807) is 11.3 Å².